The summed E-state index contributed by atoms with van der Waals surface area (Å²) in [6.45, 7) is 3.07. The normalized spacial score (nSPS) is 11.0. The van der Waals surface area contributed by atoms with E-state index in [4.69, 9.17) is 34.1 Å². The molecule has 0 saturated carbocycles. The Labute approximate surface area is 374 Å². The zero-order chi connectivity index (χ0) is 44.3. The number of fused-ring (bicyclic) bond motifs is 2. The predicted octanol–water partition coefficient (Wildman–Crippen LogP) is 14.0. The number of Topliss-reactive ketones (excluding diaryl/α,β-unsaturated/α-hetero) is 2. The molecule has 0 fully saturated rings. The number of hydrogen-bond acceptors (Lipinski definition) is 9. The van der Waals surface area contributed by atoms with Crippen LogP contribution in [0.1, 0.15) is 34.6 Å². The van der Waals surface area contributed by atoms with Gasteiger partial charge in [-0.1, -0.05) is 84.9 Å². The summed E-state index contributed by atoms with van der Waals surface area (Å²) in [7, 11) is 0. The smallest absolute Gasteiger partial charge is 0.159 e. The first-order chi connectivity index (χ1) is 31.8. The fraction of sp³-hybridized carbons (Fsp3) is 0.0357. The van der Waals surface area contributed by atoms with Gasteiger partial charge < -0.3 is 14.2 Å². The van der Waals surface area contributed by atoms with Gasteiger partial charge in [-0.2, -0.15) is 0 Å². The van der Waals surface area contributed by atoms with Crippen LogP contribution in [0.25, 0.3) is 67.1 Å². The molecule has 0 radical (unpaired) electrons. The average Bonchev–Trinajstić information content (AvgIpc) is 3.34. The Hall–Kier alpha value is -8.82. The molecule has 0 amide bonds. The monoisotopic (exact) mass is 846 g/mol. The summed E-state index contributed by atoms with van der Waals surface area (Å²) in [4.78, 5) is 44.3. The number of ether oxygens (including phenoxy) is 3. The third kappa shape index (κ3) is 8.80. The lowest BCUT2D eigenvalue weighted by atomic mass is 10.0. The number of benzene rings is 8. The van der Waals surface area contributed by atoms with Gasteiger partial charge in [0.2, 0.25) is 0 Å². The number of carbonyl (C=O) groups excluding carboxylic acids is 2. The molecule has 0 aliphatic carbocycles. The topological polar surface area (TPSA) is 113 Å². The van der Waals surface area contributed by atoms with Crippen LogP contribution in [0.3, 0.4) is 0 Å². The lowest BCUT2D eigenvalue weighted by Gasteiger charge is -2.13. The molecule has 9 nitrogen and oxygen atoms in total. The highest BCUT2D eigenvalue weighted by Crippen LogP contribution is 2.37. The minimum Gasteiger partial charge on any atom is -0.457 e. The van der Waals surface area contributed by atoms with Crippen molar-refractivity contribution in [2.24, 2.45) is 0 Å². The van der Waals surface area contributed by atoms with Crippen LogP contribution in [0, 0.1) is 0 Å². The summed E-state index contributed by atoms with van der Waals surface area (Å²) >= 11 is 0. The molecular weight excluding hydrogens is 809 g/mol. The van der Waals surface area contributed by atoms with Gasteiger partial charge >= 0.3 is 0 Å². The van der Waals surface area contributed by atoms with Crippen molar-refractivity contribution in [3.8, 4) is 79.5 Å². The van der Waals surface area contributed by atoms with E-state index in [0.717, 1.165) is 45.0 Å². The maximum Gasteiger partial charge on any atom is 0.159 e. The highest BCUT2D eigenvalue weighted by atomic mass is 16.5. The fourth-order valence-corrected chi connectivity index (χ4v) is 7.52. The van der Waals surface area contributed by atoms with Crippen molar-refractivity contribution in [1.29, 1.82) is 0 Å². The Morgan fingerprint density at radius 3 is 1.02 bits per heavy atom. The van der Waals surface area contributed by atoms with E-state index in [0.29, 0.717) is 67.7 Å². The molecule has 8 aromatic carbocycles. The minimum absolute atomic E-state index is 0.0281. The van der Waals surface area contributed by atoms with E-state index < -0.39 is 0 Å². The first-order valence-electron chi connectivity index (χ1n) is 21.0. The molecule has 0 aliphatic heterocycles. The molecule has 2 heterocycles. The third-order valence-corrected chi connectivity index (χ3v) is 10.8. The van der Waals surface area contributed by atoms with E-state index in [-0.39, 0.29) is 11.6 Å². The molecule has 10 rings (SSSR count). The van der Waals surface area contributed by atoms with Crippen molar-refractivity contribution < 1.29 is 23.8 Å². The van der Waals surface area contributed by atoms with E-state index in [1.54, 1.807) is 36.4 Å². The average molecular weight is 847 g/mol. The van der Waals surface area contributed by atoms with Crippen molar-refractivity contribution in [3.63, 3.8) is 0 Å². The van der Waals surface area contributed by atoms with Gasteiger partial charge in [-0.3, -0.25) is 9.59 Å². The zero-order valence-corrected chi connectivity index (χ0v) is 35.3. The second kappa shape index (κ2) is 17.5. The second-order valence-corrected chi connectivity index (χ2v) is 15.4. The van der Waals surface area contributed by atoms with Gasteiger partial charge in [-0.15, -0.1) is 0 Å². The number of rotatable bonds is 12. The standard InChI is InChI=1S/C56H38N4O5/c1-35(61)41-15-9-17-45(31-41)64-47-27-29-49-51(33-47)59-53(37-11-5-3-6-12-37)55(57-49)39-19-23-43(24-20-39)63-44-25-21-40(22-26-44)56-54(38-13-7-4-8-14-38)60-52-34-48(28-30-50(52)58-56)65-46-18-10-16-42(32-46)36(2)62/h3-34H,1-2H3. The van der Waals surface area contributed by atoms with Crippen molar-refractivity contribution in [1.82, 2.24) is 19.9 Å². The Kier molecular flexibility index (Phi) is 10.8. The first kappa shape index (κ1) is 40.3. The first-order valence-corrected chi connectivity index (χ1v) is 21.0. The molecule has 0 saturated heterocycles. The van der Waals surface area contributed by atoms with Crippen LogP contribution in [0.4, 0.5) is 0 Å². The zero-order valence-electron chi connectivity index (χ0n) is 35.3. The summed E-state index contributed by atoms with van der Waals surface area (Å²) in [6.07, 6.45) is 0. The van der Waals surface area contributed by atoms with Crippen molar-refractivity contribution in [3.05, 3.63) is 205 Å². The molecule has 0 bridgehead atoms. The summed E-state index contributed by atoms with van der Waals surface area (Å²) in [5.41, 5.74) is 10.5. The quantitative estimate of drug-likeness (QED) is 0.111. The Morgan fingerprint density at radius 2 is 0.631 bits per heavy atom. The lowest BCUT2D eigenvalue weighted by molar-refractivity contribution is 0.100. The highest BCUT2D eigenvalue weighted by molar-refractivity contribution is 5.95. The van der Waals surface area contributed by atoms with Gasteiger partial charge in [0.05, 0.1) is 44.8 Å². The largest absolute Gasteiger partial charge is 0.457 e. The van der Waals surface area contributed by atoms with Crippen LogP contribution in [-0.2, 0) is 0 Å². The fourth-order valence-electron chi connectivity index (χ4n) is 7.52. The summed E-state index contributed by atoms with van der Waals surface area (Å²) in [5, 5.41) is 0. The molecule has 9 heteroatoms. The van der Waals surface area contributed by atoms with Gasteiger partial charge in [0.1, 0.15) is 34.5 Å². The van der Waals surface area contributed by atoms with Crippen LogP contribution in [0.2, 0.25) is 0 Å². The Bertz CT molecular complexity index is 3170. The van der Waals surface area contributed by atoms with Crippen molar-refractivity contribution in [2.75, 3.05) is 0 Å². The van der Waals surface area contributed by atoms with E-state index in [2.05, 4.69) is 0 Å². The molecule has 10 aromatic rings. The Balaban J connectivity index is 0.909. The van der Waals surface area contributed by atoms with Gasteiger partial charge in [-0.25, -0.2) is 19.9 Å². The second-order valence-electron chi connectivity index (χ2n) is 15.4. The van der Waals surface area contributed by atoms with Crippen LogP contribution in [0.5, 0.6) is 34.5 Å². The van der Waals surface area contributed by atoms with Gasteiger partial charge in [-0.05, 0) is 111 Å². The number of aromatic nitrogens is 4. The van der Waals surface area contributed by atoms with Crippen molar-refractivity contribution >= 4 is 33.6 Å². The van der Waals surface area contributed by atoms with E-state index in [9.17, 15) is 9.59 Å². The minimum atomic E-state index is -0.0281. The van der Waals surface area contributed by atoms with Gasteiger partial charge in [0, 0.05) is 45.5 Å². The van der Waals surface area contributed by atoms with Crippen molar-refractivity contribution in [2.45, 2.75) is 13.8 Å². The molecule has 0 atom stereocenters. The number of ketones is 2. The lowest BCUT2D eigenvalue weighted by Crippen LogP contribution is -1.97. The predicted molar refractivity (Wildman–Crippen MR) is 254 cm³/mol. The molecule has 0 spiro atoms. The molecule has 0 aliphatic rings. The van der Waals surface area contributed by atoms with E-state index >= 15 is 0 Å². The van der Waals surface area contributed by atoms with E-state index in [1.165, 1.54) is 13.8 Å². The van der Waals surface area contributed by atoms with Crippen LogP contribution in [-0.4, -0.2) is 31.5 Å². The number of nitrogens with zero attached hydrogens (tertiary/aromatic N) is 4. The van der Waals surface area contributed by atoms with E-state index in [1.807, 2.05) is 158 Å². The maximum absolute atomic E-state index is 11.9. The number of hydrogen-bond donors (Lipinski definition) is 0. The van der Waals surface area contributed by atoms with Gasteiger partial charge in [0.15, 0.2) is 11.6 Å². The summed E-state index contributed by atoms with van der Waals surface area (Å²) < 4.78 is 18.6. The SMILES string of the molecule is CC(=O)c1cccc(Oc2ccc3nc(-c4ccc(Oc5ccc(-c6nc7ccc(Oc8cccc(C(C)=O)c8)cc7nc6-c6ccccc6)cc5)cc4)c(-c4ccccc4)nc3c2)c1. The molecule has 2 aromatic heterocycles. The summed E-state index contributed by atoms with van der Waals surface area (Å²) in [6, 6.07) is 61.1. The Morgan fingerprint density at radius 1 is 0.308 bits per heavy atom. The molecule has 312 valence electrons. The molecule has 65 heavy (non-hydrogen) atoms. The third-order valence-electron chi connectivity index (χ3n) is 10.8. The highest BCUT2D eigenvalue weighted by Gasteiger charge is 2.17. The number of carbonyl (C=O) groups is 2. The maximum atomic E-state index is 11.9. The van der Waals surface area contributed by atoms with Crippen LogP contribution >= 0.6 is 0 Å². The van der Waals surface area contributed by atoms with Crippen LogP contribution < -0.4 is 14.2 Å². The molecular formula is C56H38N4O5. The molecule has 0 unspecified atom stereocenters. The summed E-state index contributed by atoms with van der Waals surface area (Å²) in [5.74, 6) is 3.58. The van der Waals surface area contributed by atoms with Gasteiger partial charge in [0.25, 0.3) is 0 Å². The molecule has 0 N–H and O–H groups in total. The van der Waals surface area contributed by atoms with Crippen LogP contribution in [0.15, 0.2) is 194 Å².